The van der Waals surface area contributed by atoms with Gasteiger partial charge >= 0.3 is 5.97 Å². The lowest BCUT2D eigenvalue weighted by molar-refractivity contribution is -0.156. The molecule has 1 aromatic rings. The predicted molar refractivity (Wildman–Crippen MR) is 70.3 cm³/mol. The van der Waals surface area contributed by atoms with Crippen LogP contribution in [0.15, 0.2) is 30.9 Å². The Bertz CT molecular complexity index is 547. The topological polar surface area (TPSA) is 52.6 Å². The Hall–Kier alpha value is -2.10. The first-order chi connectivity index (χ1) is 9.05. The van der Waals surface area contributed by atoms with Crippen LogP contribution in [0.2, 0.25) is 0 Å². The average molecular weight is 260 g/mol. The highest BCUT2D eigenvalue weighted by atomic mass is 16.6. The Labute approximate surface area is 112 Å². The van der Waals surface area contributed by atoms with Crippen molar-refractivity contribution in [3.05, 3.63) is 42.0 Å². The van der Waals surface area contributed by atoms with E-state index in [1.54, 1.807) is 19.1 Å². The minimum absolute atomic E-state index is 0.0956. The number of carbonyl (C=O) groups is 2. The van der Waals surface area contributed by atoms with Crippen molar-refractivity contribution in [2.24, 2.45) is 0 Å². The molecule has 0 spiro atoms. The van der Waals surface area contributed by atoms with Gasteiger partial charge in [0.25, 0.3) is 5.60 Å². The van der Waals surface area contributed by atoms with Gasteiger partial charge in [0.2, 0.25) is 5.78 Å². The number of ketones is 1. The van der Waals surface area contributed by atoms with E-state index in [-0.39, 0.29) is 18.8 Å². The van der Waals surface area contributed by atoms with Crippen LogP contribution in [0.25, 0.3) is 0 Å². The van der Waals surface area contributed by atoms with Gasteiger partial charge < -0.3 is 9.47 Å². The van der Waals surface area contributed by atoms with E-state index in [9.17, 15) is 9.59 Å². The second-order valence-corrected chi connectivity index (χ2v) is 4.47. The number of ether oxygens (including phenoxy) is 2. The quantitative estimate of drug-likeness (QED) is 0.474. The lowest BCUT2D eigenvalue weighted by Crippen LogP contribution is -2.49. The normalized spacial score (nSPS) is 20.6. The number of carbonyl (C=O) groups excluding carboxylic acids is 2. The molecule has 1 heterocycles. The summed E-state index contributed by atoms with van der Waals surface area (Å²) in [4.78, 5) is 24.6. The summed E-state index contributed by atoms with van der Waals surface area (Å²) in [6, 6.07) is 5.26. The van der Waals surface area contributed by atoms with Gasteiger partial charge in [0.1, 0.15) is 5.75 Å². The lowest BCUT2D eigenvalue weighted by Gasteiger charge is -2.23. The van der Waals surface area contributed by atoms with E-state index in [0.29, 0.717) is 11.3 Å². The third kappa shape index (κ3) is 2.03. The summed E-state index contributed by atoms with van der Waals surface area (Å²) in [5, 5.41) is 0. The van der Waals surface area contributed by atoms with Gasteiger partial charge in [-0.05, 0) is 26.0 Å². The molecule has 0 amide bonds. The van der Waals surface area contributed by atoms with Crippen molar-refractivity contribution in [1.29, 1.82) is 0 Å². The summed E-state index contributed by atoms with van der Waals surface area (Å²) in [5.41, 5.74) is -0.239. The monoisotopic (exact) mass is 260 g/mol. The van der Waals surface area contributed by atoms with Gasteiger partial charge in [-0.2, -0.15) is 0 Å². The van der Waals surface area contributed by atoms with Crippen LogP contribution >= 0.6 is 0 Å². The van der Waals surface area contributed by atoms with Crippen LogP contribution < -0.4 is 4.74 Å². The van der Waals surface area contributed by atoms with Crippen LogP contribution in [-0.2, 0) is 9.53 Å². The molecule has 1 atom stereocenters. The minimum Gasteiger partial charge on any atom is -0.466 e. The Morgan fingerprint density at radius 1 is 1.53 bits per heavy atom. The van der Waals surface area contributed by atoms with Crippen LogP contribution in [0.5, 0.6) is 5.75 Å². The third-order valence-corrected chi connectivity index (χ3v) is 3.07. The van der Waals surface area contributed by atoms with E-state index >= 15 is 0 Å². The number of fused-ring (bicyclic) bond motifs is 1. The van der Waals surface area contributed by atoms with Crippen LogP contribution in [0.3, 0.4) is 0 Å². The number of benzene rings is 1. The molecule has 1 aliphatic heterocycles. The lowest BCUT2D eigenvalue weighted by atomic mass is 9.91. The number of hydrogen-bond acceptors (Lipinski definition) is 4. The third-order valence-electron chi connectivity index (χ3n) is 3.07. The van der Waals surface area contributed by atoms with Crippen molar-refractivity contribution in [3.63, 3.8) is 0 Å². The molecule has 4 nitrogen and oxygen atoms in total. The maximum atomic E-state index is 12.5. The number of esters is 1. The highest BCUT2D eigenvalue weighted by Gasteiger charge is 2.54. The molecule has 0 aromatic heterocycles. The smallest absolute Gasteiger partial charge is 0.359 e. The van der Waals surface area contributed by atoms with Gasteiger partial charge in [-0.15, -0.1) is 6.58 Å². The molecule has 0 aliphatic carbocycles. The first kappa shape index (κ1) is 13.3. The van der Waals surface area contributed by atoms with E-state index in [1.165, 1.54) is 6.08 Å². The van der Waals surface area contributed by atoms with E-state index in [4.69, 9.17) is 9.47 Å². The standard InChI is InChI=1S/C15H16O4/c1-4-8-15(14(17)18-5-2)13(16)11-9-10(3)6-7-12(11)19-15/h4,6-7,9H,1,5,8H2,2-3H3. The van der Waals surface area contributed by atoms with Gasteiger partial charge in [0, 0.05) is 6.42 Å². The molecular formula is C15H16O4. The summed E-state index contributed by atoms with van der Waals surface area (Å²) in [6.45, 7) is 7.36. The second-order valence-electron chi connectivity index (χ2n) is 4.47. The Balaban J connectivity index is 2.47. The van der Waals surface area contributed by atoms with Gasteiger partial charge in [-0.25, -0.2) is 4.79 Å². The molecule has 19 heavy (non-hydrogen) atoms. The Kier molecular flexibility index (Phi) is 3.42. The van der Waals surface area contributed by atoms with E-state index in [0.717, 1.165) is 5.56 Å². The second kappa shape index (κ2) is 4.88. The Morgan fingerprint density at radius 2 is 2.26 bits per heavy atom. The first-order valence-corrected chi connectivity index (χ1v) is 6.17. The van der Waals surface area contributed by atoms with Crippen molar-refractivity contribution >= 4 is 11.8 Å². The van der Waals surface area contributed by atoms with E-state index in [1.807, 2.05) is 13.0 Å². The SMILES string of the molecule is C=CCC1(C(=O)OCC)Oc2ccc(C)cc2C1=O. The fourth-order valence-corrected chi connectivity index (χ4v) is 2.16. The summed E-state index contributed by atoms with van der Waals surface area (Å²) in [5.74, 6) is -0.594. The highest BCUT2D eigenvalue weighted by molar-refractivity contribution is 6.19. The fraction of sp³-hybridized carbons (Fsp3) is 0.333. The Morgan fingerprint density at radius 3 is 2.89 bits per heavy atom. The molecule has 0 saturated carbocycles. The van der Waals surface area contributed by atoms with E-state index in [2.05, 4.69) is 6.58 Å². The molecule has 4 heteroatoms. The maximum Gasteiger partial charge on any atom is 0.359 e. The minimum atomic E-state index is -1.60. The van der Waals surface area contributed by atoms with Gasteiger partial charge in [-0.1, -0.05) is 17.7 Å². The largest absolute Gasteiger partial charge is 0.466 e. The van der Waals surface area contributed by atoms with Crippen molar-refractivity contribution in [1.82, 2.24) is 0 Å². The van der Waals surface area contributed by atoms with Gasteiger partial charge in [0.15, 0.2) is 0 Å². The molecule has 0 fully saturated rings. The van der Waals surface area contributed by atoms with Crippen LogP contribution in [0, 0.1) is 6.92 Å². The summed E-state index contributed by atoms with van der Waals surface area (Å²) < 4.78 is 10.6. The maximum absolute atomic E-state index is 12.5. The number of rotatable bonds is 4. The number of aryl methyl sites for hydroxylation is 1. The van der Waals surface area contributed by atoms with E-state index < -0.39 is 11.6 Å². The first-order valence-electron chi connectivity index (χ1n) is 6.17. The average Bonchev–Trinajstić information content (AvgIpc) is 2.65. The molecular weight excluding hydrogens is 244 g/mol. The number of hydrogen-bond donors (Lipinski definition) is 0. The van der Waals surface area contributed by atoms with Crippen LogP contribution in [0.1, 0.15) is 29.3 Å². The molecule has 0 bridgehead atoms. The summed E-state index contributed by atoms with van der Waals surface area (Å²) in [7, 11) is 0. The van der Waals surface area contributed by atoms with Gasteiger partial charge in [0.05, 0.1) is 12.2 Å². The number of Topliss-reactive ketones (excluding diaryl/α,β-unsaturated/α-hetero) is 1. The van der Waals surface area contributed by atoms with Crippen molar-refractivity contribution in [2.75, 3.05) is 6.61 Å². The molecule has 0 N–H and O–H groups in total. The molecule has 1 aliphatic rings. The zero-order chi connectivity index (χ0) is 14.0. The van der Waals surface area contributed by atoms with Gasteiger partial charge in [-0.3, -0.25) is 4.79 Å². The van der Waals surface area contributed by atoms with Crippen LogP contribution in [0.4, 0.5) is 0 Å². The summed E-state index contributed by atoms with van der Waals surface area (Å²) in [6.07, 6.45) is 1.59. The fourth-order valence-electron chi connectivity index (χ4n) is 2.16. The predicted octanol–water partition coefficient (Wildman–Crippen LogP) is 2.45. The summed E-state index contributed by atoms with van der Waals surface area (Å²) >= 11 is 0. The molecule has 1 aromatic carbocycles. The van der Waals surface area contributed by atoms with Crippen LogP contribution in [-0.4, -0.2) is 24.0 Å². The van der Waals surface area contributed by atoms with Crippen molar-refractivity contribution < 1.29 is 19.1 Å². The molecule has 0 saturated heterocycles. The highest BCUT2D eigenvalue weighted by Crippen LogP contribution is 2.38. The zero-order valence-electron chi connectivity index (χ0n) is 11.1. The van der Waals surface area contributed by atoms with Crippen molar-refractivity contribution in [3.8, 4) is 5.75 Å². The van der Waals surface area contributed by atoms with Crippen molar-refractivity contribution in [2.45, 2.75) is 25.9 Å². The molecule has 1 unspecified atom stereocenters. The molecule has 100 valence electrons. The molecule has 2 rings (SSSR count). The molecule has 0 radical (unpaired) electrons. The zero-order valence-corrected chi connectivity index (χ0v) is 11.1.